The van der Waals surface area contributed by atoms with Crippen LogP contribution in [0, 0.1) is 6.92 Å². The number of phenols is 1. The second-order valence-corrected chi connectivity index (χ2v) is 6.17. The summed E-state index contributed by atoms with van der Waals surface area (Å²) in [5.74, 6) is 0.338. The van der Waals surface area contributed by atoms with E-state index in [-0.39, 0.29) is 6.04 Å². The van der Waals surface area contributed by atoms with Gasteiger partial charge in [-0.25, -0.2) is 0 Å². The lowest BCUT2D eigenvalue weighted by atomic mass is 10.1. The Morgan fingerprint density at radius 1 is 1.10 bits per heavy atom. The fraction of sp³-hybridized carbons (Fsp3) is 0.176. The van der Waals surface area contributed by atoms with Crippen molar-refractivity contribution in [3.63, 3.8) is 0 Å². The maximum Gasteiger partial charge on any atom is 0.118 e. The van der Waals surface area contributed by atoms with Gasteiger partial charge in [0, 0.05) is 15.3 Å². The van der Waals surface area contributed by atoms with Crippen molar-refractivity contribution in [1.82, 2.24) is 0 Å². The average molecular weight is 283 g/mol. The Morgan fingerprint density at radius 2 is 1.90 bits per heavy atom. The zero-order valence-electron chi connectivity index (χ0n) is 11.6. The van der Waals surface area contributed by atoms with E-state index in [1.54, 1.807) is 6.07 Å². The van der Waals surface area contributed by atoms with Gasteiger partial charge in [-0.15, -0.1) is 11.3 Å². The first kappa shape index (κ1) is 13.0. The standard InChI is InChI=1S/C17H17NOS/c1-11-9-14(7-8-15(11)19)18-12(2)17-10-13-5-3-4-6-16(13)20-17/h3-10,12,18-19H,1-2H3. The quantitative estimate of drug-likeness (QED) is 0.656. The normalized spacial score (nSPS) is 12.5. The Balaban J connectivity index is 1.84. The molecule has 0 amide bonds. The lowest BCUT2D eigenvalue weighted by molar-refractivity contribution is 0.471. The predicted molar refractivity (Wildman–Crippen MR) is 86.7 cm³/mol. The third-order valence-corrected chi connectivity index (χ3v) is 4.75. The monoisotopic (exact) mass is 283 g/mol. The number of thiophene rings is 1. The molecule has 2 nitrogen and oxygen atoms in total. The lowest BCUT2D eigenvalue weighted by Crippen LogP contribution is -2.04. The van der Waals surface area contributed by atoms with Crippen molar-refractivity contribution in [2.75, 3.05) is 5.32 Å². The molecule has 2 aromatic carbocycles. The van der Waals surface area contributed by atoms with E-state index in [1.165, 1.54) is 15.0 Å². The zero-order valence-corrected chi connectivity index (χ0v) is 12.4. The first-order chi connectivity index (χ1) is 9.63. The summed E-state index contributed by atoms with van der Waals surface area (Å²) in [6.07, 6.45) is 0. The fourth-order valence-corrected chi connectivity index (χ4v) is 3.35. The fourth-order valence-electron chi connectivity index (χ4n) is 2.28. The van der Waals surface area contributed by atoms with E-state index in [0.29, 0.717) is 5.75 Å². The van der Waals surface area contributed by atoms with Crippen molar-refractivity contribution in [3.8, 4) is 5.75 Å². The number of anilines is 1. The van der Waals surface area contributed by atoms with Crippen molar-refractivity contribution in [2.24, 2.45) is 0 Å². The summed E-state index contributed by atoms with van der Waals surface area (Å²) in [4.78, 5) is 1.32. The molecule has 0 saturated carbocycles. The van der Waals surface area contributed by atoms with Gasteiger partial charge >= 0.3 is 0 Å². The second-order valence-electron chi connectivity index (χ2n) is 5.05. The molecule has 0 bridgehead atoms. The molecule has 1 atom stereocenters. The van der Waals surface area contributed by atoms with Gasteiger partial charge in [-0.1, -0.05) is 18.2 Å². The van der Waals surface area contributed by atoms with Gasteiger partial charge in [0.05, 0.1) is 6.04 Å². The van der Waals surface area contributed by atoms with Crippen LogP contribution in [0.15, 0.2) is 48.5 Å². The molecule has 2 N–H and O–H groups in total. The van der Waals surface area contributed by atoms with E-state index in [1.807, 2.05) is 30.4 Å². The van der Waals surface area contributed by atoms with Crippen molar-refractivity contribution < 1.29 is 5.11 Å². The maximum absolute atomic E-state index is 9.56. The highest BCUT2D eigenvalue weighted by molar-refractivity contribution is 7.19. The topological polar surface area (TPSA) is 32.3 Å². The number of rotatable bonds is 3. The molecule has 102 valence electrons. The molecule has 1 heterocycles. The summed E-state index contributed by atoms with van der Waals surface area (Å²) in [7, 11) is 0. The van der Waals surface area contributed by atoms with Gasteiger partial charge in [-0.05, 0) is 55.1 Å². The Morgan fingerprint density at radius 3 is 2.65 bits per heavy atom. The molecule has 0 spiro atoms. The molecule has 3 aromatic rings. The number of fused-ring (bicyclic) bond motifs is 1. The molecule has 0 saturated heterocycles. The zero-order chi connectivity index (χ0) is 14.1. The van der Waals surface area contributed by atoms with Crippen LogP contribution in [0.5, 0.6) is 5.75 Å². The smallest absolute Gasteiger partial charge is 0.118 e. The average Bonchev–Trinajstić information content (AvgIpc) is 2.87. The first-order valence-electron chi connectivity index (χ1n) is 6.68. The minimum Gasteiger partial charge on any atom is -0.508 e. The number of benzene rings is 2. The summed E-state index contributed by atoms with van der Waals surface area (Å²) in [6, 6.07) is 16.5. The van der Waals surface area contributed by atoms with Crippen LogP contribution in [-0.2, 0) is 0 Å². The van der Waals surface area contributed by atoms with E-state index in [4.69, 9.17) is 0 Å². The van der Waals surface area contributed by atoms with Gasteiger partial charge in [0.1, 0.15) is 5.75 Å². The Labute approximate surface area is 122 Å². The summed E-state index contributed by atoms with van der Waals surface area (Å²) < 4.78 is 1.32. The van der Waals surface area contributed by atoms with Gasteiger partial charge in [-0.2, -0.15) is 0 Å². The summed E-state index contributed by atoms with van der Waals surface area (Å²) >= 11 is 1.82. The van der Waals surface area contributed by atoms with E-state index in [2.05, 4.69) is 42.6 Å². The minimum atomic E-state index is 0.247. The van der Waals surface area contributed by atoms with Crippen LogP contribution in [0.3, 0.4) is 0 Å². The van der Waals surface area contributed by atoms with E-state index in [9.17, 15) is 5.11 Å². The van der Waals surface area contributed by atoms with Crippen LogP contribution < -0.4 is 5.32 Å². The number of hydrogen-bond donors (Lipinski definition) is 2. The molecule has 0 aliphatic rings. The van der Waals surface area contributed by atoms with E-state index in [0.717, 1.165) is 11.3 Å². The summed E-state index contributed by atoms with van der Waals surface area (Å²) in [5, 5.41) is 14.3. The van der Waals surface area contributed by atoms with Crippen molar-refractivity contribution in [1.29, 1.82) is 0 Å². The number of hydrogen-bond acceptors (Lipinski definition) is 3. The van der Waals surface area contributed by atoms with Crippen LogP contribution in [0.25, 0.3) is 10.1 Å². The molecular weight excluding hydrogens is 266 g/mol. The molecule has 3 rings (SSSR count). The van der Waals surface area contributed by atoms with E-state index < -0.39 is 0 Å². The molecular formula is C17H17NOS. The SMILES string of the molecule is Cc1cc(NC(C)c2cc3ccccc3s2)ccc1O. The molecule has 20 heavy (non-hydrogen) atoms. The minimum absolute atomic E-state index is 0.247. The number of aryl methyl sites for hydroxylation is 1. The van der Waals surface area contributed by atoms with Crippen molar-refractivity contribution in [2.45, 2.75) is 19.9 Å². The Hall–Kier alpha value is -2.00. The van der Waals surface area contributed by atoms with E-state index >= 15 is 0 Å². The highest BCUT2D eigenvalue weighted by atomic mass is 32.1. The Kier molecular flexibility index (Phi) is 3.36. The van der Waals surface area contributed by atoms with Crippen LogP contribution >= 0.6 is 11.3 Å². The van der Waals surface area contributed by atoms with Crippen LogP contribution in [-0.4, -0.2) is 5.11 Å². The number of nitrogens with one attached hydrogen (secondary N) is 1. The molecule has 1 aromatic heterocycles. The van der Waals surface area contributed by atoms with Gasteiger partial charge in [0.2, 0.25) is 0 Å². The number of phenolic OH excluding ortho intramolecular Hbond substituents is 1. The second kappa shape index (κ2) is 5.17. The molecule has 0 fully saturated rings. The van der Waals surface area contributed by atoms with Crippen molar-refractivity contribution >= 4 is 27.1 Å². The molecule has 0 aliphatic heterocycles. The molecule has 1 unspecified atom stereocenters. The van der Waals surface area contributed by atoms with Gasteiger partial charge in [0.25, 0.3) is 0 Å². The summed E-state index contributed by atoms with van der Waals surface area (Å²) in [5.41, 5.74) is 1.92. The highest BCUT2D eigenvalue weighted by Gasteiger charge is 2.10. The summed E-state index contributed by atoms with van der Waals surface area (Å²) in [6.45, 7) is 4.07. The maximum atomic E-state index is 9.56. The van der Waals surface area contributed by atoms with Gasteiger partial charge in [-0.3, -0.25) is 0 Å². The third-order valence-electron chi connectivity index (χ3n) is 3.45. The van der Waals surface area contributed by atoms with Crippen LogP contribution in [0.4, 0.5) is 5.69 Å². The molecule has 0 aliphatic carbocycles. The first-order valence-corrected chi connectivity index (χ1v) is 7.50. The van der Waals surface area contributed by atoms with Gasteiger partial charge < -0.3 is 10.4 Å². The van der Waals surface area contributed by atoms with Gasteiger partial charge in [0.15, 0.2) is 0 Å². The highest BCUT2D eigenvalue weighted by Crippen LogP contribution is 2.32. The number of aromatic hydroxyl groups is 1. The molecule has 3 heteroatoms. The van der Waals surface area contributed by atoms with Crippen LogP contribution in [0.2, 0.25) is 0 Å². The lowest BCUT2D eigenvalue weighted by Gasteiger charge is -2.14. The van der Waals surface area contributed by atoms with Crippen LogP contribution in [0.1, 0.15) is 23.4 Å². The predicted octanol–water partition coefficient (Wildman–Crippen LogP) is 5.09. The van der Waals surface area contributed by atoms with Crippen molar-refractivity contribution in [3.05, 3.63) is 59.0 Å². The largest absolute Gasteiger partial charge is 0.508 e. The Bertz CT molecular complexity index is 715. The third kappa shape index (κ3) is 2.49. The molecule has 0 radical (unpaired) electrons.